The third-order valence-corrected chi connectivity index (χ3v) is 8.92. The molecule has 0 aliphatic rings. The molecule has 0 unspecified atom stereocenters. The fourth-order valence-electron chi connectivity index (χ4n) is 6.51. The predicted molar refractivity (Wildman–Crippen MR) is 204 cm³/mol. The summed E-state index contributed by atoms with van der Waals surface area (Å²) < 4.78 is 6.49. The van der Waals surface area contributed by atoms with Gasteiger partial charge in [0.2, 0.25) is 0 Å². The van der Waals surface area contributed by atoms with Crippen LogP contribution in [0.15, 0.2) is 186 Å². The van der Waals surface area contributed by atoms with Crippen molar-refractivity contribution in [3.05, 3.63) is 182 Å². The highest BCUT2D eigenvalue weighted by molar-refractivity contribution is 6.14. The van der Waals surface area contributed by atoms with Crippen LogP contribution in [-0.4, -0.2) is 15.0 Å². The van der Waals surface area contributed by atoms with Crippen LogP contribution in [0.25, 0.3) is 67.2 Å². The zero-order valence-corrected chi connectivity index (χ0v) is 27.0. The Labute approximate surface area is 289 Å². The van der Waals surface area contributed by atoms with E-state index in [2.05, 4.69) is 95.9 Å². The smallest absolute Gasteiger partial charge is 0.164 e. The molecule has 2 heterocycles. The predicted octanol–water partition coefficient (Wildman–Crippen LogP) is 11.9. The molecule has 7 aromatic carbocycles. The van der Waals surface area contributed by atoms with Crippen molar-refractivity contribution in [3.8, 4) is 45.3 Å². The van der Waals surface area contributed by atoms with Gasteiger partial charge in [0.25, 0.3) is 0 Å². The highest BCUT2D eigenvalue weighted by Crippen LogP contribution is 2.44. The van der Waals surface area contributed by atoms with E-state index >= 15 is 0 Å². The zero-order chi connectivity index (χ0) is 33.3. The molecule has 50 heavy (non-hydrogen) atoms. The lowest BCUT2D eigenvalue weighted by molar-refractivity contribution is 0.669. The first-order chi connectivity index (χ1) is 24.8. The van der Waals surface area contributed by atoms with Crippen LogP contribution >= 0.6 is 0 Å². The number of nitrogens with zero attached hydrogens (tertiary/aromatic N) is 4. The number of furan rings is 1. The van der Waals surface area contributed by atoms with E-state index < -0.39 is 0 Å². The molecule has 0 saturated carbocycles. The molecule has 5 nitrogen and oxygen atoms in total. The Kier molecular flexibility index (Phi) is 7.41. The van der Waals surface area contributed by atoms with Gasteiger partial charge in [-0.3, -0.25) is 0 Å². The quantitative estimate of drug-likeness (QED) is 0.173. The first-order valence-electron chi connectivity index (χ1n) is 16.6. The topological polar surface area (TPSA) is 55.1 Å². The lowest BCUT2D eigenvalue weighted by Crippen LogP contribution is -2.10. The van der Waals surface area contributed by atoms with Crippen LogP contribution in [0.3, 0.4) is 0 Å². The molecule has 0 spiro atoms. The molecular formula is C45H30N4O. The summed E-state index contributed by atoms with van der Waals surface area (Å²) in [6, 6.07) is 62.2. The Morgan fingerprint density at radius 1 is 0.360 bits per heavy atom. The molecule has 9 rings (SSSR count). The third-order valence-electron chi connectivity index (χ3n) is 8.92. The van der Waals surface area contributed by atoms with E-state index in [1.807, 2.05) is 91.0 Å². The van der Waals surface area contributed by atoms with E-state index in [0.29, 0.717) is 17.5 Å². The minimum Gasteiger partial charge on any atom is -0.456 e. The summed E-state index contributed by atoms with van der Waals surface area (Å²) in [6.07, 6.45) is 0. The summed E-state index contributed by atoms with van der Waals surface area (Å²) >= 11 is 0. The second kappa shape index (κ2) is 12.6. The Hall–Kier alpha value is -6.85. The molecular weight excluding hydrogens is 613 g/mol. The molecule has 0 amide bonds. The van der Waals surface area contributed by atoms with Crippen LogP contribution in [0.2, 0.25) is 0 Å². The summed E-state index contributed by atoms with van der Waals surface area (Å²) in [4.78, 5) is 17.2. The maximum absolute atomic E-state index is 6.49. The second-order valence-corrected chi connectivity index (χ2v) is 12.1. The van der Waals surface area contributed by atoms with Crippen LogP contribution in [0.4, 0.5) is 17.1 Å². The van der Waals surface area contributed by atoms with Crippen LogP contribution in [0, 0.1) is 0 Å². The average Bonchev–Trinajstić information content (AvgIpc) is 3.58. The van der Waals surface area contributed by atoms with Gasteiger partial charge >= 0.3 is 0 Å². The van der Waals surface area contributed by atoms with Crippen molar-refractivity contribution in [1.29, 1.82) is 0 Å². The highest BCUT2D eigenvalue weighted by Gasteiger charge is 2.21. The third kappa shape index (κ3) is 5.47. The van der Waals surface area contributed by atoms with Crippen molar-refractivity contribution in [2.75, 3.05) is 4.90 Å². The lowest BCUT2D eigenvalue weighted by Gasteiger charge is -2.26. The van der Waals surface area contributed by atoms with Gasteiger partial charge in [-0.1, -0.05) is 127 Å². The normalized spacial score (nSPS) is 11.2. The number of benzene rings is 7. The van der Waals surface area contributed by atoms with Gasteiger partial charge in [-0.2, -0.15) is 0 Å². The Morgan fingerprint density at radius 2 is 0.840 bits per heavy atom. The van der Waals surface area contributed by atoms with Crippen molar-refractivity contribution < 1.29 is 4.42 Å². The maximum atomic E-state index is 6.49. The van der Waals surface area contributed by atoms with Gasteiger partial charge < -0.3 is 9.32 Å². The highest BCUT2D eigenvalue weighted by atomic mass is 16.3. The maximum Gasteiger partial charge on any atom is 0.164 e. The number of rotatable bonds is 7. The molecule has 5 heteroatoms. The number of fused-ring (bicyclic) bond motifs is 3. The van der Waals surface area contributed by atoms with E-state index in [9.17, 15) is 0 Å². The Balaban J connectivity index is 1.22. The Morgan fingerprint density at radius 3 is 1.44 bits per heavy atom. The standard InChI is InChI=1S/C45H30N4O/c1-5-14-31(15-6-1)32-24-27-37(28-25-32)49(36-20-11-4-12-21-36)39-22-13-23-41-42(39)38-30-35(26-29-40(38)50-41)45-47-43(33-16-7-2-8-17-33)46-44(48-45)34-18-9-3-10-19-34/h1-30H. The summed E-state index contributed by atoms with van der Waals surface area (Å²) in [5, 5.41) is 2.00. The van der Waals surface area contributed by atoms with Crippen LogP contribution in [-0.2, 0) is 0 Å². The van der Waals surface area contributed by atoms with Crippen LogP contribution in [0.1, 0.15) is 0 Å². The molecule has 0 aliphatic heterocycles. The number of para-hydroxylation sites is 1. The summed E-state index contributed by atoms with van der Waals surface area (Å²) in [6.45, 7) is 0. The fourth-order valence-corrected chi connectivity index (χ4v) is 6.51. The van der Waals surface area contributed by atoms with E-state index in [-0.39, 0.29) is 0 Å². The number of aromatic nitrogens is 3. The minimum absolute atomic E-state index is 0.600. The fraction of sp³-hybridized carbons (Fsp3) is 0. The van der Waals surface area contributed by atoms with Gasteiger partial charge in [0, 0.05) is 33.5 Å². The molecule has 0 aliphatic carbocycles. The van der Waals surface area contributed by atoms with Gasteiger partial charge in [-0.05, 0) is 65.7 Å². The van der Waals surface area contributed by atoms with E-state index in [1.54, 1.807) is 0 Å². The molecule has 9 aromatic rings. The number of hydrogen-bond acceptors (Lipinski definition) is 5. The first-order valence-corrected chi connectivity index (χ1v) is 16.6. The molecule has 0 atom stereocenters. The van der Waals surface area contributed by atoms with Crippen molar-refractivity contribution in [2.45, 2.75) is 0 Å². The van der Waals surface area contributed by atoms with Crippen LogP contribution in [0.5, 0.6) is 0 Å². The SMILES string of the molecule is c1ccc(-c2ccc(N(c3ccccc3)c3cccc4oc5ccc(-c6nc(-c7ccccc7)nc(-c7ccccc7)n6)cc5c34)cc2)cc1. The van der Waals surface area contributed by atoms with E-state index in [0.717, 1.165) is 55.7 Å². The van der Waals surface area contributed by atoms with Gasteiger partial charge in [0.15, 0.2) is 17.5 Å². The van der Waals surface area contributed by atoms with E-state index in [4.69, 9.17) is 19.4 Å². The lowest BCUT2D eigenvalue weighted by atomic mass is 10.0. The molecule has 0 bridgehead atoms. The van der Waals surface area contributed by atoms with Crippen molar-refractivity contribution >= 4 is 39.0 Å². The molecule has 236 valence electrons. The van der Waals surface area contributed by atoms with Gasteiger partial charge in [0.1, 0.15) is 11.2 Å². The first kappa shape index (κ1) is 29.3. The van der Waals surface area contributed by atoms with Crippen molar-refractivity contribution in [3.63, 3.8) is 0 Å². The van der Waals surface area contributed by atoms with Crippen LogP contribution < -0.4 is 4.90 Å². The summed E-state index contributed by atoms with van der Waals surface area (Å²) in [5.74, 6) is 1.85. The molecule has 0 saturated heterocycles. The monoisotopic (exact) mass is 642 g/mol. The average molecular weight is 643 g/mol. The van der Waals surface area contributed by atoms with Crippen molar-refractivity contribution in [2.24, 2.45) is 0 Å². The largest absolute Gasteiger partial charge is 0.456 e. The summed E-state index contributed by atoms with van der Waals surface area (Å²) in [7, 11) is 0. The minimum atomic E-state index is 0.600. The summed E-state index contributed by atoms with van der Waals surface area (Å²) in [5.41, 5.74) is 9.82. The second-order valence-electron chi connectivity index (χ2n) is 12.1. The number of hydrogen-bond donors (Lipinski definition) is 0. The molecule has 2 aromatic heterocycles. The Bertz CT molecular complexity index is 2510. The number of anilines is 3. The van der Waals surface area contributed by atoms with Crippen molar-refractivity contribution in [1.82, 2.24) is 15.0 Å². The molecule has 0 radical (unpaired) electrons. The van der Waals surface area contributed by atoms with Gasteiger partial charge in [-0.25, -0.2) is 15.0 Å². The van der Waals surface area contributed by atoms with Gasteiger partial charge in [-0.15, -0.1) is 0 Å². The van der Waals surface area contributed by atoms with Gasteiger partial charge in [0.05, 0.1) is 11.1 Å². The molecule has 0 N–H and O–H groups in total. The molecule has 0 fully saturated rings. The zero-order valence-electron chi connectivity index (χ0n) is 27.0. The van der Waals surface area contributed by atoms with E-state index in [1.165, 1.54) is 11.1 Å².